The quantitative estimate of drug-likeness (QED) is 0.845. The molecule has 1 saturated heterocycles. The summed E-state index contributed by atoms with van der Waals surface area (Å²) in [6.45, 7) is 1.88. The van der Waals surface area contributed by atoms with Crippen molar-refractivity contribution in [3.05, 3.63) is 47.0 Å². The van der Waals surface area contributed by atoms with Crippen molar-refractivity contribution >= 4 is 16.6 Å². The van der Waals surface area contributed by atoms with Crippen LogP contribution in [-0.2, 0) is 12.8 Å². The van der Waals surface area contributed by atoms with Crippen LogP contribution in [0, 0.1) is 5.92 Å². The Morgan fingerprint density at radius 3 is 2.75 bits per heavy atom. The summed E-state index contributed by atoms with van der Waals surface area (Å²) in [7, 11) is 0. The molecule has 1 fully saturated rings. The molecule has 1 aliphatic carbocycles. The molecule has 1 N–H and O–H groups in total. The Kier molecular flexibility index (Phi) is 2.85. The van der Waals surface area contributed by atoms with Crippen molar-refractivity contribution in [2.45, 2.75) is 25.7 Å². The van der Waals surface area contributed by atoms with Crippen LogP contribution < -0.4 is 5.32 Å². The highest BCUT2D eigenvalue weighted by Crippen LogP contribution is 2.34. The summed E-state index contributed by atoms with van der Waals surface area (Å²) >= 11 is 0. The van der Waals surface area contributed by atoms with Crippen LogP contribution in [0.3, 0.4) is 0 Å². The van der Waals surface area contributed by atoms with Crippen LogP contribution in [0.1, 0.15) is 34.3 Å². The van der Waals surface area contributed by atoms with E-state index in [4.69, 9.17) is 0 Å². The Morgan fingerprint density at radius 2 is 1.95 bits per heavy atom. The Bertz CT molecular complexity index is 673. The predicted molar refractivity (Wildman–Crippen MR) is 81.3 cm³/mol. The molecule has 0 bridgehead atoms. The van der Waals surface area contributed by atoms with Gasteiger partial charge in [-0.1, -0.05) is 30.3 Å². The van der Waals surface area contributed by atoms with Crippen molar-refractivity contribution in [3.63, 3.8) is 0 Å². The van der Waals surface area contributed by atoms with E-state index in [1.54, 1.807) is 0 Å². The second kappa shape index (κ2) is 4.71. The summed E-state index contributed by atoms with van der Waals surface area (Å²) < 4.78 is 0. The summed E-state index contributed by atoms with van der Waals surface area (Å²) in [6, 6.07) is 10.7. The van der Waals surface area contributed by atoms with Crippen LogP contribution in [-0.4, -0.2) is 18.9 Å². The number of rotatable bonds is 2. The molecule has 0 amide bonds. The number of nitrogens with one attached hydrogen (secondary N) is 1. The number of hydrogen-bond donors (Lipinski definition) is 1. The topological polar surface area (TPSA) is 29.1 Å². The van der Waals surface area contributed by atoms with Crippen LogP contribution in [0.4, 0.5) is 0 Å². The maximum atomic E-state index is 12.8. The van der Waals surface area contributed by atoms with E-state index in [9.17, 15) is 4.79 Å². The van der Waals surface area contributed by atoms with E-state index >= 15 is 0 Å². The lowest BCUT2D eigenvalue weighted by Crippen LogP contribution is -2.34. The van der Waals surface area contributed by atoms with Crippen molar-refractivity contribution in [3.8, 4) is 0 Å². The van der Waals surface area contributed by atoms with Gasteiger partial charge in [0.2, 0.25) is 0 Å². The van der Waals surface area contributed by atoms with Gasteiger partial charge in [0.05, 0.1) is 0 Å². The van der Waals surface area contributed by atoms with Crippen LogP contribution in [0.25, 0.3) is 10.8 Å². The average Bonchev–Trinajstić information content (AvgIpc) is 2.93. The monoisotopic (exact) mass is 265 g/mol. The van der Waals surface area contributed by atoms with E-state index in [0.717, 1.165) is 44.3 Å². The van der Waals surface area contributed by atoms with Gasteiger partial charge in [-0.25, -0.2) is 0 Å². The smallest absolute Gasteiger partial charge is 0.167 e. The van der Waals surface area contributed by atoms with Crippen molar-refractivity contribution in [1.82, 2.24) is 5.32 Å². The number of hydrogen-bond acceptors (Lipinski definition) is 2. The zero-order valence-electron chi connectivity index (χ0n) is 11.6. The van der Waals surface area contributed by atoms with Gasteiger partial charge in [-0.15, -0.1) is 0 Å². The van der Waals surface area contributed by atoms with Crippen molar-refractivity contribution in [2.24, 2.45) is 5.92 Å². The molecule has 102 valence electrons. The molecule has 0 saturated carbocycles. The van der Waals surface area contributed by atoms with Gasteiger partial charge in [0.25, 0.3) is 0 Å². The van der Waals surface area contributed by atoms with Crippen molar-refractivity contribution < 1.29 is 4.79 Å². The van der Waals surface area contributed by atoms with Crippen molar-refractivity contribution in [2.75, 3.05) is 13.1 Å². The number of carbonyl (C=O) groups is 1. The maximum Gasteiger partial charge on any atom is 0.167 e. The average molecular weight is 265 g/mol. The van der Waals surface area contributed by atoms with Gasteiger partial charge in [-0.05, 0) is 54.1 Å². The molecule has 1 atom stereocenters. The van der Waals surface area contributed by atoms with E-state index in [1.807, 2.05) is 0 Å². The third kappa shape index (κ3) is 1.79. The molecular weight excluding hydrogens is 246 g/mol. The second-order valence-corrected chi connectivity index (χ2v) is 6.02. The summed E-state index contributed by atoms with van der Waals surface area (Å²) in [5, 5.41) is 5.87. The van der Waals surface area contributed by atoms with E-state index < -0.39 is 0 Å². The fourth-order valence-corrected chi connectivity index (χ4v) is 3.76. The molecule has 2 nitrogen and oxygen atoms in total. The third-order valence-corrected chi connectivity index (χ3v) is 4.81. The number of benzene rings is 2. The van der Waals surface area contributed by atoms with E-state index in [1.165, 1.54) is 21.9 Å². The lowest BCUT2D eigenvalue weighted by molar-refractivity contribution is 0.0901. The number of piperidine rings is 1. The SMILES string of the molecule is O=C(c1ccc2c3c(cccc13)CC2)[C@@H]1CCCNC1. The zero-order chi connectivity index (χ0) is 13.5. The molecule has 1 aliphatic heterocycles. The minimum Gasteiger partial charge on any atom is -0.316 e. The van der Waals surface area contributed by atoms with Gasteiger partial charge in [0.15, 0.2) is 5.78 Å². The summed E-state index contributed by atoms with van der Waals surface area (Å²) in [6.07, 6.45) is 4.37. The van der Waals surface area contributed by atoms with Gasteiger partial charge in [-0.2, -0.15) is 0 Å². The molecule has 0 radical (unpaired) electrons. The first-order valence-corrected chi connectivity index (χ1v) is 7.63. The molecular formula is C18H19NO. The molecule has 2 aliphatic rings. The Morgan fingerprint density at radius 1 is 1.10 bits per heavy atom. The number of Topliss-reactive ketones (excluding diaryl/α,β-unsaturated/α-hetero) is 1. The van der Waals surface area contributed by atoms with E-state index in [0.29, 0.717) is 5.78 Å². The molecule has 1 heterocycles. The van der Waals surface area contributed by atoms with Crippen LogP contribution in [0.2, 0.25) is 0 Å². The first-order chi connectivity index (χ1) is 9.84. The highest BCUT2D eigenvalue weighted by Gasteiger charge is 2.25. The molecule has 0 spiro atoms. The summed E-state index contributed by atoms with van der Waals surface area (Å²) in [5.41, 5.74) is 3.75. The van der Waals surface area contributed by atoms with Gasteiger partial charge >= 0.3 is 0 Å². The Balaban J connectivity index is 1.82. The molecule has 2 aromatic rings. The predicted octanol–water partition coefficient (Wildman–Crippen LogP) is 3.12. The minimum atomic E-state index is 0.155. The van der Waals surface area contributed by atoms with Gasteiger partial charge in [-0.3, -0.25) is 4.79 Å². The van der Waals surface area contributed by atoms with Crippen molar-refractivity contribution in [1.29, 1.82) is 0 Å². The largest absolute Gasteiger partial charge is 0.316 e. The number of ketones is 1. The molecule has 20 heavy (non-hydrogen) atoms. The summed E-state index contributed by atoms with van der Waals surface area (Å²) in [5.74, 6) is 0.481. The highest BCUT2D eigenvalue weighted by atomic mass is 16.1. The van der Waals surface area contributed by atoms with Gasteiger partial charge in [0, 0.05) is 18.0 Å². The second-order valence-electron chi connectivity index (χ2n) is 6.02. The molecule has 4 rings (SSSR count). The molecule has 0 aromatic heterocycles. The lowest BCUT2D eigenvalue weighted by Gasteiger charge is -2.22. The fourth-order valence-electron chi connectivity index (χ4n) is 3.76. The normalized spacial score (nSPS) is 21.3. The number of aryl methyl sites for hydroxylation is 2. The van der Waals surface area contributed by atoms with Crippen LogP contribution in [0.5, 0.6) is 0 Å². The third-order valence-electron chi connectivity index (χ3n) is 4.81. The number of carbonyl (C=O) groups excluding carboxylic acids is 1. The Labute approximate surface area is 119 Å². The summed E-state index contributed by atoms with van der Waals surface area (Å²) in [4.78, 5) is 12.8. The maximum absolute atomic E-state index is 12.8. The lowest BCUT2D eigenvalue weighted by atomic mass is 9.88. The first-order valence-electron chi connectivity index (χ1n) is 7.63. The van der Waals surface area contributed by atoms with Crippen LogP contribution in [0.15, 0.2) is 30.3 Å². The molecule has 2 aromatic carbocycles. The minimum absolute atomic E-state index is 0.155. The van der Waals surface area contributed by atoms with Crippen LogP contribution >= 0.6 is 0 Å². The van der Waals surface area contributed by atoms with Gasteiger partial charge in [0.1, 0.15) is 0 Å². The Hall–Kier alpha value is -1.67. The zero-order valence-corrected chi connectivity index (χ0v) is 11.6. The van der Waals surface area contributed by atoms with Gasteiger partial charge < -0.3 is 5.32 Å². The first kappa shape index (κ1) is 12.1. The fraction of sp³-hybridized carbons (Fsp3) is 0.389. The highest BCUT2D eigenvalue weighted by molar-refractivity contribution is 6.11. The van der Waals surface area contributed by atoms with E-state index in [2.05, 4.69) is 35.6 Å². The van der Waals surface area contributed by atoms with E-state index in [-0.39, 0.29) is 5.92 Å². The standard InChI is InChI=1S/C18H19NO/c20-18(14-4-2-10-19-11-14)16-9-8-13-7-6-12-3-1-5-15(16)17(12)13/h1,3,5,8-9,14,19H,2,4,6-7,10-11H2/t14-/m1/s1. The molecule has 2 heteroatoms. The molecule has 0 unspecified atom stereocenters.